The minimum Gasteiger partial charge on any atom is -0.396 e. The summed E-state index contributed by atoms with van der Waals surface area (Å²) < 4.78 is 26.5. The van der Waals surface area contributed by atoms with E-state index < -0.39 is 17.5 Å². The van der Waals surface area contributed by atoms with Crippen molar-refractivity contribution in [1.29, 1.82) is 0 Å². The van der Waals surface area contributed by atoms with E-state index in [1.807, 2.05) is 0 Å². The van der Waals surface area contributed by atoms with Gasteiger partial charge in [-0.15, -0.1) is 0 Å². The first-order chi connectivity index (χ1) is 8.00. The van der Waals surface area contributed by atoms with Crippen molar-refractivity contribution in [1.82, 2.24) is 4.90 Å². The predicted octanol–water partition coefficient (Wildman–Crippen LogP) is 2.17. The van der Waals surface area contributed by atoms with Crippen molar-refractivity contribution in [3.8, 4) is 0 Å². The summed E-state index contributed by atoms with van der Waals surface area (Å²) in [6, 6.07) is 1.87. The molecule has 0 saturated heterocycles. The number of nitrogens with zero attached hydrogens (tertiary/aromatic N) is 1. The molecule has 0 bridgehead atoms. The number of hydrogen-bond donors (Lipinski definition) is 1. The molecule has 1 aliphatic carbocycles. The van der Waals surface area contributed by atoms with Crippen LogP contribution in [0.4, 0.5) is 14.5 Å². The summed E-state index contributed by atoms with van der Waals surface area (Å²) in [5.41, 5.74) is 4.96. The number of hydrogen-bond acceptors (Lipinski definition) is 2. The largest absolute Gasteiger partial charge is 0.396 e. The molecule has 1 aromatic carbocycles. The third-order valence-electron chi connectivity index (χ3n) is 3.26. The zero-order valence-corrected chi connectivity index (χ0v) is 9.54. The molecule has 1 amide bonds. The van der Waals surface area contributed by atoms with Crippen LogP contribution in [0.25, 0.3) is 0 Å². The van der Waals surface area contributed by atoms with Crippen molar-refractivity contribution in [2.24, 2.45) is 0 Å². The van der Waals surface area contributed by atoms with Crippen molar-refractivity contribution in [2.75, 3.05) is 12.8 Å². The molecule has 1 aliphatic rings. The van der Waals surface area contributed by atoms with Crippen molar-refractivity contribution in [3.05, 3.63) is 29.3 Å². The van der Waals surface area contributed by atoms with E-state index in [0.29, 0.717) is 6.07 Å². The number of nitrogen functional groups attached to an aromatic ring is 1. The molecule has 2 rings (SSSR count). The maximum Gasteiger partial charge on any atom is 0.256 e. The first-order valence-electron chi connectivity index (χ1n) is 5.52. The fourth-order valence-corrected chi connectivity index (χ4v) is 1.86. The van der Waals surface area contributed by atoms with Crippen LogP contribution in [0.15, 0.2) is 12.1 Å². The Hall–Kier alpha value is -1.65. The fraction of sp³-hybridized carbons (Fsp3) is 0.417. The third-order valence-corrected chi connectivity index (χ3v) is 3.26. The van der Waals surface area contributed by atoms with Crippen LogP contribution >= 0.6 is 0 Å². The molecule has 0 aromatic heterocycles. The summed E-state index contributed by atoms with van der Waals surface area (Å²) >= 11 is 0. The Bertz CT molecular complexity index is 458. The molecule has 0 radical (unpaired) electrons. The van der Waals surface area contributed by atoms with Crippen LogP contribution in [0.1, 0.15) is 29.6 Å². The molecule has 2 N–H and O–H groups in total. The van der Waals surface area contributed by atoms with Crippen molar-refractivity contribution >= 4 is 11.6 Å². The van der Waals surface area contributed by atoms with Gasteiger partial charge in [0, 0.05) is 19.2 Å². The molecule has 3 nitrogen and oxygen atoms in total. The van der Waals surface area contributed by atoms with Gasteiger partial charge in [0.05, 0.1) is 11.3 Å². The smallest absolute Gasteiger partial charge is 0.256 e. The van der Waals surface area contributed by atoms with Gasteiger partial charge in [-0.1, -0.05) is 0 Å². The van der Waals surface area contributed by atoms with Crippen molar-refractivity contribution < 1.29 is 13.6 Å². The van der Waals surface area contributed by atoms with E-state index in [-0.39, 0.29) is 17.3 Å². The number of nitrogens with two attached hydrogens (primary N) is 1. The van der Waals surface area contributed by atoms with Gasteiger partial charge in [0.15, 0.2) is 0 Å². The molecule has 1 saturated carbocycles. The molecule has 0 heterocycles. The number of carbonyl (C=O) groups is 1. The summed E-state index contributed by atoms with van der Waals surface area (Å²) in [7, 11) is 1.63. The summed E-state index contributed by atoms with van der Waals surface area (Å²) in [6.07, 6.45) is 2.94. The standard InChI is InChI=1S/C12H14F2N2O/c1-16(7-3-2-4-7)12(17)8-5-11(15)10(14)6-9(8)13/h5-7H,2-4,15H2,1H3. The van der Waals surface area contributed by atoms with Gasteiger partial charge in [0.2, 0.25) is 0 Å². The Morgan fingerprint density at radius 2 is 2.00 bits per heavy atom. The number of amides is 1. The summed E-state index contributed by atoms with van der Waals surface area (Å²) in [5.74, 6) is -2.16. The highest BCUT2D eigenvalue weighted by molar-refractivity contribution is 5.95. The van der Waals surface area contributed by atoms with Gasteiger partial charge in [-0.05, 0) is 25.3 Å². The summed E-state index contributed by atoms with van der Waals surface area (Å²) in [4.78, 5) is 13.5. The Balaban J connectivity index is 2.26. The SMILES string of the molecule is CN(C(=O)c1cc(N)c(F)cc1F)C1CCC1. The highest BCUT2D eigenvalue weighted by atomic mass is 19.1. The second-order valence-corrected chi connectivity index (χ2v) is 4.35. The molecule has 1 aromatic rings. The third kappa shape index (κ3) is 2.09. The lowest BCUT2D eigenvalue weighted by atomic mass is 9.91. The second-order valence-electron chi connectivity index (χ2n) is 4.35. The van der Waals surface area contributed by atoms with E-state index in [2.05, 4.69) is 0 Å². The van der Waals surface area contributed by atoms with Crippen LogP contribution in [0.3, 0.4) is 0 Å². The van der Waals surface area contributed by atoms with E-state index in [1.54, 1.807) is 7.05 Å². The minimum absolute atomic E-state index is 0.160. The lowest BCUT2D eigenvalue weighted by Gasteiger charge is -2.34. The van der Waals surface area contributed by atoms with Gasteiger partial charge >= 0.3 is 0 Å². The van der Waals surface area contributed by atoms with Crippen LogP contribution < -0.4 is 5.73 Å². The Morgan fingerprint density at radius 1 is 1.35 bits per heavy atom. The first-order valence-corrected chi connectivity index (χ1v) is 5.52. The monoisotopic (exact) mass is 240 g/mol. The lowest BCUT2D eigenvalue weighted by Crippen LogP contribution is -2.41. The van der Waals surface area contributed by atoms with Gasteiger partial charge in [-0.3, -0.25) is 4.79 Å². The Labute approximate surface area is 98.2 Å². The first kappa shape index (κ1) is 11.8. The molecule has 0 spiro atoms. The number of carbonyl (C=O) groups excluding carboxylic acids is 1. The van der Waals surface area contributed by atoms with Crippen molar-refractivity contribution in [3.63, 3.8) is 0 Å². The van der Waals surface area contributed by atoms with E-state index in [9.17, 15) is 13.6 Å². The number of rotatable bonds is 2. The van der Waals surface area contributed by atoms with Crippen molar-refractivity contribution in [2.45, 2.75) is 25.3 Å². The number of anilines is 1. The quantitative estimate of drug-likeness (QED) is 0.805. The minimum atomic E-state index is -0.868. The topological polar surface area (TPSA) is 46.3 Å². The fourth-order valence-electron chi connectivity index (χ4n) is 1.86. The Morgan fingerprint density at radius 3 is 2.53 bits per heavy atom. The maximum absolute atomic E-state index is 13.5. The molecule has 0 unspecified atom stereocenters. The van der Waals surface area contributed by atoms with E-state index >= 15 is 0 Å². The number of benzene rings is 1. The predicted molar refractivity (Wildman–Crippen MR) is 60.5 cm³/mol. The average Bonchev–Trinajstić information content (AvgIpc) is 2.20. The highest BCUT2D eigenvalue weighted by Gasteiger charge is 2.28. The van der Waals surface area contributed by atoms with E-state index in [4.69, 9.17) is 5.73 Å². The summed E-state index contributed by atoms with van der Waals surface area (Å²) in [6.45, 7) is 0. The summed E-state index contributed by atoms with van der Waals surface area (Å²) in [5, 5.41) is 0. The molecular weight excluding hydrogens is 226 g/mol. The van der Waals surface area contributed by atoms with Crippen LogP contribution in [0, 0.1) is 11.6 Å². The van der Waals surface area contributed by atoms with Gasteiger partial charge < -0.3 is 10.6 Å². The van der Waals surface area contributed by atoms with E-state index in [0.717, 1.165) is 25.3 Å². The molecule has 0 aliphatic heterocycles. The highest BCUT2D eigenvalue weighted by Crippen LogP contribution is 2.26. The van der Waals surface area contributed by atoms with Crippen LogP contribution in [-0.2, 0) is 0 Å². The Kier molecular flexibility index (Phi) is 3.00. The second kappa shape index (κ2) is 4.31. The zero-order valence-electron chi connectivity index (χ0n) is 9.54. The molecule has 17 heavy (non-hydrogen) atoms. The van der Waals surface area contributed by atoms with E-state index in [1.165, 1.54) is 4.90 Å². The van der Waals surface area contributed by atoms with Gasteiger partial charge in [0.1, 0.15) is 11.6 Å². The molecule has 0 atom stereocenters. The number of halogens is 2. The van der Waals surface area contributed by atoms with Crippen LogP contribution in [0.5, 0.6) is 0 Å². The lowest BCUT2D eigenvalue weighted by molar-refractivity contribution is 0.0647. The normalized spacial score (nSPS) is 15.5. The zero-order chi connectivity index (χ0) is 12.6. The van der Waals surface area contributed by atoms with Crippen LogP contribution in [-0.4, -0.2) is 23.9 Å². The molecule has 1 fully saturated rings. The molecule has 5 heteroatoms. The molecule has 92 valence electrons. The van der Waals surface area contributed by atoms with Gasteiger partial charge in [0.25, 0.3) is 5.91 Å². The van der Waals surface area contributed by atoms with Gasteiger partial charge in [-0.25, -0.2) is 8.78 Å². The van der Waals surface area contributed by atoms with Gasteiger partial charge in [-0.2, -0.15) is 0 Å². The molecular formula is C12H14F2N2O. The average molecular weight is 240 g/mol. The van der Waals surface area contributed by atoms with Crippen LogP contribution in [0.2, 0.25) is 0 Å². The maximum atomic E-state index is 13.5.